The van der Waals surface area contributed by atoms with E-state index in [1.807, 2.05) is 24.5 Å². The molecule has 0 fully saturated rings. The van der Waals surface area contributed by atoms with E-state index in [1.54, 1.807) is 11.3 Å². The summed E-state index contributed by atoms with van der Waals surface area (Å²) < 4.78 is 3.65. The van der Waals surface area contributed by atoms with E-state index in [4.69, 9.17) is 0 Å². The Hall–Kier alpha value is -2.35. The van der Waals surface area contributed by atoms with Crippen LogP contribution in [0, 0.1) is 0 Å². The fourth-order valence-corrected chi connectivity index (χ4v) is 4.95. The quantitative estimate of drug-likeness (QED) is 0.659. The monoisotopic (exact) mass is 347 g/mol. The lowest BCUT2D eigenvalue weighted by Crippen LogP contribution is -2.32. The molecule has 0 amide bonds. The average Bonchev–Trinajstić information content (AvgIpc) is 2.95. The van der Waals surface area contributed by atoms with Crippen LogP contribution in [0.25, 0.3) is 22.1 Å². The van der Waals surface area contributed by atoms with Gasteiger partial charge in [-0.3, -0.25) is 9.36 Å². The van der Waals surface area contributed by atoms with Gasteiger partial charge >= 0.3 is 0 Å². The molecule has 0 unspecified atom stereocenters. The van der Waals surface area contributed by atoms with Gasteiger partial charge in [0.1, 0.15) is 4.66 Å². The van der Waals surface area contributed by atoms with Gasteiger partial charge in [-0.05, 0) is 72.7 Å². The van der Waals surface area contributed by atoms with Crippen LogP contribution in [0.1, 0.15) is 37.8 Å². The summed E-state index contributed by atoms with van der Waals surface area (Å²) >= 11 is 1.58. The molecular formula is C22H21NOS. The van der Waals surface area contributed by atoms with Crippen molar-refractivity contribution in [3.8, 4) is 0 Å². The van der Waals surface area contributed by atoms with Crippen molar-refractivity contribution in [3.05, 3.63) is 73.2 Å². The number of hydrogen-bond donors (Lipinski definition) is 0. The smallest absolute Gasteiger partial charge is 0.269 e. The Labute approximate surface area is 151 Å². The maximum Gasteiger partial charge on any atom is 0.269 e. The first kappa shape index (κ1) is 16.1. The number of rotatable bonds is 1. The van der Waals surface area contributed by atoms with Crippen molar-refractivity contribution in [2.24, 2.45) is 0 Å². The Morgan fingerprint density at radius 2 is 1.96 bits per heavy atom. The fraction of sp³-hybridized carbons (Fsp3) is 0.273. The third-order valence-corrected chi connectivity index (χ3v) is 6.07. The van der Waals surface area contributed by atoms with E-state index < -0.39 is 0 Å². The fourth-order valence-electron chi connectivity index (χ4n) is 3.72. The molecule has 2 aromatic carbocycles. The minimum atomic E-state index is 0.132. The SMILES string of the molecule is CC=C=c1s/c(=C2\CCCc3cc4ccccc4cc32)c(=O)n1CC. The highest BCUT2D eigenvalue weighted by atomic mass is 32.1. The summed E-state index contributed by atoms with van der Waals surface area (Å²) in [6.07, 6.45) is 5.05. The number of aromatic nitrogens is 1. The number of hydrogen-bond acceptors (Lipinski definition) is 2. The number of allylic oxidation sites excluding steroid dienone is 1. The van der Waals surface area contributed by atoms with Gasteiger partial charge in [-0.1, -0.05) is 36.1 Å². The summed E-state index contributed by atoms with van der Waals surface area (Å²) in [5.74, 6) is 0. The number of nitrogens with zero attached hydrogens (tertiary/aromatic N) is 1. The first-order valence-electron chi connectivity index (χ1n) is 8.89. The van der Waals surface area contributed by atoms with E-state index in [9.17, 15) is 4.79 Å². The van der Waals surface area contributed by atoms with Crippen LogP contribution in [0.5, 0.6) is 0 Å². The molecule has 0 spiro atoms. The minimum Gasteiger partial charge on any atom is -0.293 e. The highest BCUT2D eigenvalue weighted by Crippen LogP contribution is 2.32. The number of thiazole rings is 1. The van der Waals surface area contributed by atoms with Gasteiger partial charge in [0.05, 0.1) is 4.53 Å². The van der Waals surface area contributed by atoms with Crippen molar-refractivity contribution in [1.82, 2.24) is 4.57 Å². The zero-order valence-electron chi connectivity index (χ0n) is 14.6. The molecule has 2 nitrogen and oxygen atoms in total. The lowest BCUT2D eigenvalue weighted by molar-refractivity contribution is 0.722. The second-order valence-corrected chi connectivity index (χ2v) is 7.41. The summed E-state index contributed by atoms with van der Waals surface area (Å²) in [4.78, 5) is 13.0. The van der Waals surface area contributed by atoms with Crippen molar-refractivity contribution in [2.45, 2.75) is 39.7 Å². The van der Waals surface area contributed by atoms with Crippen LogP contribution in [0.3, 0.4) is 0 Å². The van der Waals surface area contributed by atoms with E-state index >= 15 is 0 Å². The van der Waals surface area contributed by atoms with E-state index in [0.717, 1.165) is 28.5 Å². The van der Waals surface area contributed by atoms with E-state index in [2.05, 4.69) is 42.1 Å². The second-order valence-electron chi connectivity index (χ2n) is 6.41. The Kier molecular flexibility index (Phi) is 4.20. The molecule has 1 aromatic heterocycles. The van der Waals surface area contributed by atoms with Gasteiger partial charge in [0.15, 0.2) is 0 Å². The van der Waals surface area contributed by atoms with E-state index in [0.29, 0.717) is 6.54 Å². The Balaban J connectivity index is 2.10. The van der Waals surface area contributed by atoms with Crippen LogP contribution < -0.4 is 14.8 Å². The molecule has 3 heteroatoms. The molecule has 4 rings (SSSR count). The standard InChI is InChI=1S/C22H21NOS/c1-3-8-20-23(4-2)22(24)21(25-20)18-12-7-11-17-13-15-9-5-6-10-16(15)14-19(17)18/h3,5-6,9-10,13-14H,4,7,11-12H2,1-2H3/b21-18+. The summed E-state index contributed by atoms with van der Waals surface area (Å²) in [6, 6.07) is 13.0. The van der Waals surface area contributed by atoms with Crippen LogP contribution >= 0.6 is 11.3 Å². The minimum absolute atomic E-state index is 0.132. The third-order valence-electron chi connectivity index (χ3n) is 4.91. The summed E-state index contributed by atoms with van der Waals surface area (Å²) in [5.41, 5.74) is 7.20. The maximum atomic E-state index is 13.0. The van der Waals surface area contributed by atoms with Gasteiger partial charge in [0.2, 0.25) is 0 Å². The lowest BCUT2D eigenvalue weighted by atomic mass is 9.86. The molecule has 0 saturated heterocycles. The summed E-state index contributed by atoms with van der Waals surface area (Å²) in [7, 11) is 0. The number of aryl methyl sites for hydroxylation is 1. The first-order valence-corrected chi connectivity index (χ1v) is 9.70. The van der Waals surface area contributed by atoms with Crippen LogP contribution in [-0.2, 0) is 13.0 Å². The summed E-state index contributed by atoms with van der Waals surface area (Å²) in [6.45, 7) is 4.65. The molecule has 25 heavy (non-hydrogen) atoms. The highest BCUT2D eigenvalue weighted by molar-refractivity contribution is 7.07. The largest absolute Gasteiger partial charge is 0.293 e. The van der Waals surface area contributed by atoms with Crippen LogP contribution in [-0.4, -0.2) is 4.57 Å². The van der Waals surface area contributed by atoms with Gasteiger partial charge in [-0.25, -0.2) is 0 Å². The molecule has 0 N–H and O–H groups in total. The third kappa shape index (κ3) is 2.70. The topological polar surface area (TPSA) is 22.0 Å². The van der Waals surface area contributed by atoms with Gasteiger partial charge in [0, 0.05) is 6.54 Å². The zero-order valence-corrected chi connectivity index (χ0v) is 15.5. The van der Waals surface area contributed by atoms with Crippen molar-refractivity contribution in [2.75, 3.05) is 0 Å². The predicted molar refractivity (Wildman–Crippen MR) is 107 cm³/mol. The normalized spacial score (nSPS) is 15.8. The van der Waals surface area contributed by atoms with Gasteiger partial charge in [0.25, 0.3) is 5.56 Å². The van der Waals surface area contributed by atoms with Crippen LogP contribution in [0.15, 0.2) is 47.3 Å². The molecule has 126 valence electrons. The van der Waals surface area contributed by atoms with Crippen molar-refractivity contribution in [3.63, 3.8) is 0 Å². The Morgan fingerprint density at radius 3 is 2.68 bits per heavy atom. The second kappa shape index (κ2) is 6.51. The molecule has 1 aliphatic rings. The average molecular weight is 347 g/mol. The Bertz CT molecular complexity index is 1170. The van der Waals surface area contributed by atoms with Crippen molar-refractivity contribution < 1.29 is 0 Å². The zero-order chi connectivity index (χ0) is 17.4. The molecule has 0 saturated carbocycles. The van der Waals surface area contributed by atoms with Crippen molar-refractivity contribution >= 4 is 33.4 Å². The number of benzene rings is 2. The van der Waals surface area contributed by atoms with Crippen LogP contribution in [0.2, 0.25) is 0 Å². The van der Waals surface area contributed by atoms with E-state index in [1.165, 1.54) is 27.5 Å². The first-order chi connectivity index (χ1) is 12.2. The molecule has 1 heterocycles. The van der Waals surface area contributed by atoms with E-state index in [-0.39, 0.29) is 5.56 Å². The maximum absolute atomic E-state index is 13.0. The van der Waals surface area contributed by atoms with Crippen LogP contribution in [0.4, 0.5) is 0 Å². The summed E-state index contributed by atoms with van der Waals surface area (Å²) in [5, 5.41) is 2.52. The molecule has 0 atom stereocenters. The number of fused-ring (bicyclic) bond motifs is 2. The molecule has 0 bridgehead atoms. The molecule has 1 aliphatic carbocycles. The van der Waals surface area contributed by atoms with Gasteiger partial charge < -0.3 is 0 Å². The van der Waals surface area contributed by atoms with Gasteiger partial charge in [-0.15, -0.1) is 11.3 Å². The molecule has 0 radical (unpaired) electrons. The highest BCUT2D eigenvalue weighted by Gasteiger charge is 2.18. The molecular weight excluding hydrogens is 326 g/mol. The van der Waals surface area contributed by atoms with Gasteiger partial charge in [-0.2, -0.15) is 0 Å². The van der Waals surface area contributed by atoms with Crippen molar-refractivity contribution in [1.29, 1.82) is 0 Å². The lowest BCUT2D eigenvalue weighted by Gasteiger charge is -2.19. The predicted octanol–water partition coefficient (Wildman–Crippen LogP) is 3.57. The Morgan fingerprint density at radius 1 is 1.20 bits per heavy atom. The molecule has 0 aliphatic heterocycles. The molecule has 3 aromatic rings.